The average molecular weight is 259 g/mol. The van der Waals surface area contributed by atoms with Gasteiger partial charge in [-0.15, -0.1) is 6.42 Å². The molecule has 0 amide bonds. The van der Waals surface area contributed by atoms with Gasteiger partial charge in [0.1, 0.15) is 11.7 Å². The normalized spacial score (nSPS) is 9.90. The number of rotatable bonds is 2. The van der Waals surface area contributed by atoms with Gasteiger partial charge in [0.15, 0.2) is 0 Å². The minimum atomic E-state index is 0.443. The minimum absolute atomic E-state index is 0.443. The van der Waals surface area contributed by atoms with E-state index in [1.54, 1.807) is 12.4 Å². The molecule has 0 unspecified atom stereocenters. The number of anilines is 2. The minimum Gasteiger partial charge on any atom is -0.345 e. The van der Waals surface area contributed by atoms with E-state index in [0.717, 1.165) is 11.3 Å². The number of hydrogen-bond donors (Lipinski definition) is 2. The summed E-state index contributed by atoms with van der Waals surface area (Å²) in [6, 6.07) is 9.50. The molecule has 2 N–H and O–H groups in total. The fourth-order valence-electron chi connectivity index (χ4n) is 1.88. The smallest absolute Gasteiger partial charge is 0.229 e. The van der Waals surface area contributed by atoms with E-state index < -0.39 is 0 Å². The first-order valence-electron chi connectivity index (χ1n) is 5.88. The zero-order valence-corrected chi connectivity index (χ0v) is 10.4. The van der Waals surface area contributed by atoms with Crippen LogP contribution in [0.3, 0.4) is 0 Å². The van der Waals surface area contributed by atoms with Gasteiger partial charge in [0.25, 0.3) is 0 Å². The number of nitrogens with zero attached hydrogens (tertiary/aromatic N) is 3. The molecule has 0 atom stereocenters. The second kappa shape index (κ2) is 4.75. The van der Waals surface area contributed by atoms with Crippen LogP contribution in [0.5, 0.6) is 0 Å². The summed E-state index contributed by atoms with van der Waals surface area (Å²) in [6.45, 7) is 0. The Morgan fingerprint density at radius 1 is 1.35 bits per heavy atom. The monoisotopic (exact) mass is 259 g/mol. The van der Waals surface area contributed by atoms with Crippen LogP contribution >= 0.6 is 0 Å². The van der Waals surface area contributed by atoms with E-state index >= 15 is 0 Å². The van der Waals surface area contributed by atoms with Crippen molar-refractivity contribution >= 4 is 22.7 Å². The third-order valence-corrected chi connectivity index (χ3v) is 2.84. The van der Waals surface area contributed by atoms with Gasteiger partial charge >= 0.3 is 0 Å². The Hall–Kier alpha value is -3.31. The van der Waals surface area contributed by atoms with Crippen LogP contribution in [-0.2, 0) is 0 Å². The molecular weight excluding hydrogens is 250 g/mol. The largest absolute Gasteiger partial charge is 0.345 e. The molecule has 2 aromatic heterocycles. The van der Waals surface area contributed by atoms with E-state index in [1.807, 2.05) is 24.3 Å². The highest BCUT2D eigenvalue weighted by atomic mass is 15.1. The summed E-state index contributed by atoms with van der Waals surface area (Å²) >= 11 is 0. The van der Waals surface area contributed by atoms with Crippen molar-refractivity contribution in [1.82, 2.24) is 15.0 Å². The molecule has 5 heteroatoms. The van der Waals surface area contributed by atoms with Crippen molar-refractivity contribution in [3.05, 3.63) is 47.8 Å². The SMILES string of the molecule is C#Cc1cccc(Nc2ncc3c(C#N)c[nH]c3n2)c1. The topological polar surface area (TPSA) is 77.4 Å². The Labute approximate surface area is 115 Å². The molecule has 0 aliphatic carbocycles. The second-order valence-electron chi connectivity index (χ2n) is 4.12. The van der Waals surface area contributed by atoms with Gasteiger partial charge < -0.3 is 10.3 Å². The molecule has 0 saturated carbocycles. The van der Waals surface area contributed by atoms with E-state index in [2.05, 4.69) is 32.3 Å². The number of aromatic nitrogens is 3. The second-order valence-corrected chi connectivity index (χ2v) is 4.12. The maximum Gasteiger partial charge on any atom is 0.229 e. The molecule has 0 radical (unpaired) electrons. The number of aromatic amines is 1. The Bertz CT molecular complexity index is 864. The van der Waals surface area contributed by atoms with Crippen LogP contribution in [0.25, 0.3) is 11.0 Å². The third kappa shape index (κ3) is 2.05. The quantitative estimate of drug-likeness (QED) is 0.693. The lowest BCUT2D eigenvalue weighted by Gasteiger charge is -2.04. The van der Waals surface area contributed by atoms with Gasteiger partial charge in [-0.1, -0.05) is 12.0 Å². The molecule has 0 aliphatic rings. The van der Waals surface area contributed by atoms with Crippen molar-refractivity contribution < 1.29 is 0 Å². The first-order valence-corrected chi connectivity index (χ1v) is 5.88. The fourth-order valence-corrected chi connectivity index (χ4v) is 1.88. The lowest BCUT2D eigenvalue weighted by atomic mass is 10.2. The van der Waals surface area contributed by atoms with Crippen molar-refractivity contribution in [3.63, 3.8) is 0 Å². The number of benzene rings is 1. The Morgan fingerprint density at radius 3 is 3.05 bits per heavy atom. The van der Waals surface area contributed by atoms with Crippen LogP contribution in [0, 0.1) is 23.7 Å². The molecule has 1 aromatic carbocycles. The molecule has 0 spiro atoms. The first kappa shape index (κ1) is 11.8. The van der Waals surface area contributed by atoms with Gasteiger partial charge in [0.2, 0.25) is 5.95 Å². The van der Waals surface area contributed by atoms with E-state index in [4.69, 9.17) is 11.7 Å². The summed E-state index contributed by atoms with van der Waals surface area (Å²) in [7, 11) is 0. The number of hydrogen-bond acceptors (Lipinski definition) is 4. The van der Waals surface area contributed by atoms with Gasteiger partial charge in [0, 0.05) is 23.6 Å². The average Bonchev–Trinajstić information content (AvgIpc) is 2.89. The Kier molecular flexibility index (Phi) is 2.80. The number of H-pyrrole nitrogens is 1. The molecule has 0 bridgehead atoms. The van der Waals surface area contributed by atoms with E-state index in [-0.39, 0.29) is 0 Å². The lowest BCUT2D eigenvalue weighted by molar-refractivity contribution is 1.19. The van der Waals surface area contributed by atoms with Crippen LogP contribution in [0.15, 0.2) is 36.7 Å². The van der Waals surface area contributed by atoms with E-state index in [1.165, 1.54) is 0 Å². The highest BCUT2D eigenvalue weighted by Gasteiger charge is 2.06. The van der Waals surface area contributed by atoms with Crippen molar-refractivity contribution in [2.45, 2.75) is 0 Å². The maximum atomic E-state index is 8.93. The Morgan fingerprint density at radius 2 is 2.25 bits per heavy atom. The van der Waals surface area contributed by atoms with Crippen molar-refractivity contribution in [1.29, 1.82) is 5.26 Å². The molecule has 0 saturated heterocycles. The summed E-state index contributed by atoms with van der Waals surface area (Å²) in [5.41, 5.74) is 2.74. The molecule has 0 fully saturated rings. The molecule has 94 valence electrons. The summed E-state index contributed by atoms with van der Waals surface area (Å²) in [4.78, 5) is 11.4. The molecule has 3 aromatic rings. The number of nitrogens with one attached hydrogen (secondary N) is 2. The van der Waals surface area contributed by atoms with Gasteiger partial charge in [-0.25, -0.2) is 4.98 Å². The number of terminal acetylenes is 1. The number of fused-ring (bicyclic) bond motifs is 1. The highest BCUT2D eigenvalue weighted by molar-refractivity contribution is 5.82. The molecule has 20 heavy (non-hydrogen) atoms. The first-order chi connectivity index (χ1) is 9.80. The van der Waals surface area contributed by atoms with Crippen molar-refractivity contribution in [2.24, 2.45) is 0 Å². The van der Waals surface area contributed by atoms with Crippen LogP contribution in [0.2, 0.25) is 0 Å². The Balaban J connectivity index is 1.95. The van der Waals surface area contributed by atoms with E-state index in [9.17, 15) is 0 Å². The van der Waals surface area contributed by atoms with Crippen LogP contribution in [-0.4, -0.2) is 15.0 Å². The van der Waals surface area contributed by atoms with Crippen molar-refractivity contribution in [2.75, 3.05) is 5.32 Å². The van der Waals surface area contributed by atoms with Gasteiger partial charge in [-0.2, -0.15) is 10.2 Å². The highest BCUT2D eigenvalue weighted by Crippen LogP contribution is 2.18. The predicted octanol–water partition coefficient (Wildman–Crippen LogP) is 2.55. The van der Waals surface area contributed by atoms with Crippen LogP contribution in [0.4, 0.5) is 11.6 Å². The van der Waals surface area contributed by atoms with Crippen LogP contribution in [0.1, 0.15) is 11.1 Å². The molecular formula is C15H9N5. The summed E-state index contributed by atoms with van der Waals surface area (Å²) in [6.07, 6.45) is 8.59. The van der Waals surface area contributed by atoms with E-state index in [0.29, 0.717) is 22.5 Å². The van der Waals surface area contributed by atoms with Gasteiger partial charge in [-0.05, 0) is 18.2 Å². The number of nitriles is 1. The lowest BCUT2D eigenvalue weighted by Crippen LogP contribution is -1.97. The molecule has 2 heterocycles. The zero-order chi connectivity index (χ0) is 13.9. The summed E-state index contributed by atoms with van der Waals surface area (Å²) < 4.78 is 0. The summed E-state index contributed by atoms with van der Waals surface area (Å²) in [5, 5.41) is 12.7. The standard InChI is InChI=1S/C15H9N5/c1-2-10-4-3-5-12(6-10)19-15-18-9-13-11(7-16)8-17-14(13)20-15/h1,3-6,8-9H,(H2,17,18,19,20). The molecule has 0 aliphatic heterocycles. The molecule has 5 nitrogen and oxygen atoms in total. The predicted molar refractivity (Wildman–Crippen MR) is 76.3 cm³/mol. The molecule has 3 rings (SSSR count). The van der Waals surface area contributed by atoms with Gasteiger partial charge in [0.05, 0.1) is 10.9 Å². The zero-order valence-electron chi connectivity index (χ0n) is 10.4. The van der Waals surface area contributed by atoms with Crippen LogP contribution < -0.4 is 5.32 Å². The summed E-state index contributed by atoms with van der Waals surface area (Å²) in [5.74, 6) is 3.01. The fraction of sp³-hybridized carbons (Fsp3) is 0. The van der Waals surface area contributed by atoms with Gasteiger partial charge in [-0.3, -0.25) is 0 Å². The van der Waals surface area contributed by atoms with Crippen molar-refractivity contribution in [3.8, 4) is 18.4 Å². The maximum absolute atomic E-state index is 8.93. The third-order valence-electron chi connectivity index (χ3n) is 2.84.